The molecule has 0 amide bonds. The molecule has 0 atom stereocenters. The zero-order valence-corrected chi connectivity index (χ0v) is 7.47. The fourth-order valence-electron chi connectivity index (χ4n) is 0.773. The summed E-state index contributed by atoms with van der Waals surface area (Å²) < 4.78 is 28.0. The van der Waals surface area contributed by atoms with E-state index in [1.807, 2.05) is 0 Å². The molecule has 5 heteroatoms. The Labute approximate surface area is 65.5 Å². The molecule has 0 unspecified atom stereocenters. The van der Waals surface area contributed by atoms with Crippen LogP contribution in [0.3, 0.4) is 0 Å². The fourth-order valence-corrected chi connectivity index (χ4v) is 1.60. The molecule has 62 valence electrons. The third kappa shape index (κ3) is 1.42. The van der Waals surface area contributed by atoms with Gasteiger partial charge in [-0.2, -0.15) is 8.42 Å². The molecular formula is C6H10NO3S+. The lowest BCUT2D eigenvalue weighted by atomic mass is 10.4. The van der Waals surface area contributed by atoms with Gasteiger partial charge in [0.2, 0.25) is 5.69 Å². The van der Waals surface area contributed by atoms with E-state index in [0.717, 1.165) is 10.2 Å². The molecule has 1 rings (SSSR count). The lowest BCUT2D eigenvalue weighted by Gasteiger charge is -1.85. The summed E-state index contributed by atoms with van der Waals surface area (Å²) in [6.07, 6.45) is 2.33. The Morgan fingerprint density at radius 1 is 1.45 bits per heavy atom. The van der Waals surface area contributed by atoms with Crippen LogP contribution < -0.4 is 3.97 Å². The van der Waals surface area contributed by atoms with Crippen molar-refractivity contribution in [1.82, 2.24) is 0 Å². The summed E-state index contributed by atoms with van der Waals surface area (Å²) in [7, 11) is -3.19. The number of hydrogen-bond acceptors (Lipinski definition) is 3. The predicted molar refractivity (Wildman–Crippen MR) is 38.6 cm³/mol. The molecule has 0 spiro atoms. The van der Waals surface area contributed by atoms with Crippen LogP contribution in [0, 0.1) is 13.8 Å². The van der Waals surface area contributed by atoms with E-state index >= 15 is 0 Å². The van der Waals surface area contributed by atoms with E-state index < -0.39 is 10.0 Å². The third-order valence-corrected chi connectivity index (χ3v) is 2.60. The smallest absolute Gasteiger partial charge is 0.369 e. The average molecular weight is 176 g/mol. The molecule has 0 aliphatic rings. The second kappa shape index (κ2) is 2.34. The van der Waals surface area contributed by atoms with E-state index in [1.165, 1.54) is 6.39 Å². The highest BCUT2D eigenvalue weighted by Gasteiger charge is 2.22. The van der Waals surface area contributed by atoms with Crippen molar-refractivity contribution in [3.63, 3.8) is 0 Å². The fraction of sp³-hybridized carbons (Fsp3) is 0.500. The number of oxazole rings is 1. The van der Waals surface area contributed by atoms with Gasteiger partial charge in [0.25, 0.3) is 0 Å². The van der Waals surface area contributed by atoms with Crippen LogP contribution in [0.15, 0.2) is 10.8 Å². The number of rotatable bonds is 1. The van der Waals surface area contributed by atoms with E-state index in [-0.39, 0.29) is 0 Å². The molecule has 0 fully saturated rings. The van der Waals surface area contributed by atoms with Crippen molar-refractivity contribution in [2.45, 2.75) is 13.8 Å². The van der Waals surface area contributed by atoms with Crippen LogP contribution in [0.1, 0.15) is 11.5 Å². The number of hydrogen-bond donors (Lipinski definition) is 0. The Bertz CT molecular complexity index is 363. The SMILES string of the molecule is Cc1oc[n+](S(C)(=O)=O)c1C. The van der Waals surface area contributed by atoms with E-state index in [1.54, 1.807) is 13.8 Å². The summed E-state index contributed by atoms with van der Waals surface area (Å²) in [5, 5.41) is 0. The first kappa shape index (κ1) is 8.26. The van der Waals surface area contributed by atoms with Gasteiger partial charge in [0, 0.05) is 13.8 Å². The number of aryl methyl sites for hydroxylation is 1. The first-order chi connectivity index (χ1) is 4.93. The molecule has 11 heavy (non-hydrogen) atoms. The summed E-state index contributed by atoms with van der Waals surface area (Å²) >= 11 is 0. The molecule has 0 aromatic carbocycles. The number of nitrogens with zero attached hydrogens (tertiary/aromatic N) is 1. The van der Waals surface area contributed by atoms with Crippen LogP contribution >= 0.6 is 0 Å². The van der Waals surface area contributed by atoms with Gasteiger partial charge in [-0.25, -0.2) is 0 Å². The van der Waals surface area contributed by atoms with Gasteiger partial charge >= 0.3 is 16.4 Å². The molecular weight excluding hydrogens is 166 g/mol. The molecule has 0 aliphatic carbocycles. The standard InChI is InChI=1S/C6H10NO3S/c1-5-6(2)10-4-7(5)11(3,8)9/h4H,1-3H3/q+1. The van der Waals surface area contributed by atoms with Crippen LogP contribution in [0.4, 0.5) is 0 Å². The first-order valence-electron chi connectivity index (χ1n) is 3.10. The summed E-state index contributed by atoms with van der Waals surface area (Å²) in [5.41, 5.74) is 0.618. The van der Waals surface area contributed by atoms with Crippen LogP contribution in [-0.4, -0.2) is 14.7 Å². The quantitative estimate of drug-likeness (QED) is 0.565. The maximum Gasteiger partial charge on any atom is 0.369 e. The normalized spacial score (nSPS) is 11.9. The lowest BCUT2D eigenvalue weighted by molar-refractivity contribution is -0.522. The predicted octanol–water partition coefficient (Wildman–Crippen LogP) is -0.00836. The van der Waals surface area contributed by atoms with Crippen molar-refractivity contribution in [2.24, 2.45) is 0 Å². The van der Waals surface area contributed by atoms with E-state index in [9.17, 15) is 8.42 Å². The lowest BCUT2D eigenvalue weighted by Crippen LogP contribution is -2.42. The second-order valence-electron chi connectivity index (χ2n) is 2.42. The minimum Gasteiger partial charge on any atom is -0.408 e. The van der Waals surface area contributed by atoms with Crippen molar-refractivity contribution in [2.75, 3.05) is 6.26 Å². The molecule has 4 nitrogen and oxygen atoms in total. The van der Waals surface area contributed by atoms with Gasteiger partial charge in [0.1, 0.15) is 6.26 Å². The summed E-state index contributed by atoms with van der Waals surface area (Å²) in [6, 6.07) is 0. The van der Waals surface area contributed by atoms with Crippen molar-refractivity contribution in [3.8, 4) is 0 Å². The van der Waals surface area contributed by atoms with Gasteiger partial charge in [-0.05, 0) is 0 Å². The second-order valence-corrected chi connectivity index (χ2v) is 4.28. The molecule has 0 radical (unpaired) electrons. The van der Waals surface area contributed by atoms with Crippen LogP contribution in [0.2, 0.25) is 0 Å². The molecule has 1 aromatic heterocycles. The van der Waals surface area contributed by atoms with Crippen molar-refractivity contribution < 1.29 is 16.8 Å². The monoisotopic (exact) mass is 176 g/mol. The molecule has 0 aliphatic heterocycles. The highest BCUT2D eigenvalue weighted by atomic mass is 32.2. The zero-order chi connectivity index (χ0) is 8.65. The molecule has 0 N–H and O–H groups in total. The summed E-state index contributed by atoms with van der Waals surface area (Å²) in [4.78, 5) is 0. The minimum absolute atomic E-state index is 0.618. The Morgan fingerprint density at radius 2 is 2.00 bits per heavy atom. The Morgan fingerprint density at radius 3 is 2.18 bits per heavy atom. The molecule has 0 saturated heterocycles. The number of aromatic nitrogens is 1. The molecule has 0 saturated carbocycles. The summed E-state index contributed by atoms with van der Waals surface area (Å²) in [5.74, 6) is 0.621. The largest absolute Gasteiger partial charge is 0.408 e. The highest BCUT2D eigenvalue weighted by molar-refractivity contribution is 7.84. The van der Waals surface area contributed by atoms with Gasteiger partial charge in [-0.1, -0.05) is 3.97 Å². The first-order valence-corrected chi connectivity index (χ1v) is 4.94. The Hall–Kier alpha value is -0.840. The van der Waals surface area contributed by atoms with E-state index in [2.05, 4.69) is 0 Å². The van der Waals surface area contributed by atoms with E-state index in [4.69, 9.17) is 4.42 Å². The van der Waals surface area contributed by atoms with Gasteiger partial charge in [0.05, 0.1) is 0 Å². The highest BCUT2D eigenvalue weighted by Crippen LogP contribution is 2.00. The molecule has 1 aromatic rings. The van der Waals surface area contributed by atoms with Crippen LogP contribution in [0.5, 0.6) is 0 Å². The average Bonchev–Trinajstić information content (AvgIpc) is 2.11. The zero-order valence-electron chi connectivity index (χ0n) is 6.66. The summed E-state index contributed by atoms with van der Waals surface area (Å²) in [6.45, 7) is 3.41. The van der Waals surface area contributed by atoms with Gasteiger partial charge in [-0.15, -0.1) is 0 Å². The van der Waals surface area contributed by atoms with Crippen LogP contribution in [0.25, 0.3) is 0 Å². The maximum absolute atomic E-state index is 11.0. The van der Waals surface area contributed by atoms with Gasteiger partial charge in [-0.3, -0.25) is 0 Å². The molecule has 0 bridgehead atoms. The minimum atomic E-state index is -3.19. The Balaban J connectivity index is 3.38. The topological polar surface area (TPSA) is 51.2 Å². The van der Waals surface area contributed by atoms with Crippen molar-refractivity contribution in [1.29, 1.82) is 0 Å². The van der Waals surface area contributed by atoms with Crippen LogP contribution in [-0.2, 0) is 10.0 Å². The molecule has 1 heterocycles. The third-order valence-electron chi connectivity index (χ3n) is 1.52. The maximum atomic E-state index is 11.0. The van der Waals surface area contributed by atoms with E-state index in [0.29, 0.717) is 11.5 Å². The van der Waals surface area contributed by atoms with Crippen molar-refractivity contribution >= 4 is 10.0 Å². The van der Waals surface area contributed by atoms with Gasteiger partial charge < -0.3 is 4.42 Å². The Kier molecular flexibility index (Phi) is 1.75. The van der Waals surface area contributed by atoms with Crippen molar-refractivity contribution in [3.05, 3.63) is 17.8 Å². The van der Waals surface area contributed by atoms with Gasteiger partial charge in [0.15, 0.2) is 5.76 Å².